The molecule has 0 heterocycles. The Labute approximate surface area is 176 Å². The van der Waals surface area contributed by atoms with Crippen molar-refractivity contribution in [2.45, 2.75) is 17.9 Å². The highest BCUT2D eigenvalue weighted by atomic mass is 35.5. The highest BCUT2D eigenvalue weighted by Crippen LogP contribution is 2.30. The first-order chi connectivity index (χ1) is 13.9. The summed E-state index contributed by atoms with van der Waals surface area (Å²) in [4.78, 5) is 12.8. The van der Waals surface area contributed by atoms with Crippen molar-refractivity contribution in [2.24, 2.45) is 0 Å². The first-order valence-corrected chi connectivity index (χ1v) is 10.9. The van der Waals surface area contributed by atoms with Crippen molar-refractivity contribution in [1.29, 1.82) is 0 Å². The molecule has 150 valence electrons. The Hall–Kier alpha value is -2.83. The van der Waals surface area contributed by atoms with E-state index in [2.05, 4.69) is 5.32 Å². The number of hydrogen-bond acceptors (Lipinski definition) is 3. The molecule has 0 fully saturated rings. The molecule has 3 rings (SSSR count). The van der Waals surface area contributed by atoms with Crippen LogP contribution in [0.1, 0.15) is 18.5 Å². The van der Waals surface area contributed by atoms with Gasteiger partial charge in [-0.2, -0.15) is 0 Å². The van der Waals surface area contributed by atoms with Crippen LogP contribution >= 0.6 is 11.6 Å². The summed E-state index contributed by atoms with van der Waals surface area (Å²) in [5.74, 6) is -0.430. The second-order valence-corrected chi connectivity index (χ2v) is 8.75. The van der Waals surface area contributed by atoms with Crippen molar-refractivity contribution in [3.05, 3.63) is 95.5 Å². The van der Waals surface area contributed by atoms with Gasteiger partial charge in [-0.25, -0.2) is 8.42 Å². The second-order valence-electron chi connectivity index (χ2n) is 6.48. The SMILES string of the molecule is CC(NC(=O)CN(c1ccccc1Cl)S(=O)(=O)c1ccccc1)c1ccccc1. The fraction of sp³-hybridized carbons (Fsp3) is 0.136. The van der Waals surface area contributed by atoms with Crippen molar-refractivity contribution in [3.8, 4) is 0 Å². The highest BCUT2D eigenvalue weighted by molar-refractivity contribution is 7.92. The van der Waals surface area contributed by atoms with Gasteiger partial charge in [0.2, 0.25) is 5.91 Å². The Morgan fingerprint density at radius 2 is 1.48 bits per heavy atom. The highest BCUT2D eigenvalue weighted by Gasteiger charge is 2.28. The van der Waals surface area contributed by atoms with Crippen molar-refractivity contribution in [1.82, 2.24) is 5.32 Å². The number of hydrogen-bond donors (Lipinski definition) is 1. The average molecular weight is 429 g/mol. The van der Waals surface area contributed by atoms with Gasteiger partial charge in [-0.1, -0.05) is 72.3 Å². The lowest BCUT2D eigenvalue weighted by Crippen LogP contribution is -2.41. The van der Waals surface area contributed by atoms with Crippen molar-refractivity contribution in [3.63, 3.8) is 0 Å². The van der Waals surface area contributed by atoms with Crippen LogP contribution < -0.4 is 9.62 Å². The van der Waals surface area contributed by atoms with E-state index in [0.29, 0.717) is 0 Å². The summed E-state index contributed by atoms with van der Waals surface area (Å²) in [6.45, 7) is 1.46. The number of halogens is 1. The lowest BCUT2D eigenvalue weighted by molar-refractivity contribution is -0.120. The first-order valence-electron chi connectivity index (χ1n) is 9.06. The molecule has 0 aliphatic carbocycles. The maximum Gasteiger partial charge on any atom is 0.264 e. The lowest BCUT2D eigenvalue weighted by atomic mass is 10.1. The molecule has 3 aromatic rings. The number of para-hydroxylation sites is 1. The van der Waals surface area contributed by atoms with Crippen LogP contribution in [0.25, 0.3) is 0 Å². The van der Waals surface area contributed by atoms with Gasteiger partial charge in [-0.05, 0) is 36.8 Å². The Balaban J connectivity index is 1.90. The number of benzene rings is 3. The normalized spacial score (nSPS) is 12.2. The summed E-state index contributed by atoms with van der Waals surface area (Å²) in [6, 6.07) is 23.7. The molecule has 0 aliphatic heterocycles. The van der Waals surface area contributed by atoms with Crippen molar-refractivity contribution < 1.29 is 13.2 Å². The maximum atomic E-state index is 13.3. The van der Waals surface area contributed by atoms with Gasteiger partial charge in [-0.15, -0.1) is 0 Å². The van der Waals surface area contributed by atoms with Crippen LogP contribution in [0.5, 0.6) is 0 Å². The van der Waals surface area contributed by atoms with Gasteiger partial charge in [0.1, 0.15) is 6.54 Å². The Bertz CT molecular complexity index is 1070. The van der Waals surface area contributed by atoms with Gasteiger partial charge in [0.05, 0.1) is 21.6 Å². The number of carbonyl (C=O) groups excluding carboxylic acids is 1. The van der Waals surface area contributed by atoms with Gasteiger partial charge < -0.3 is 5.32 Å². The van der Waals surface area contributed by atoms with Gasteiger partial charge in [0.25, 0.3) is 10.0 Å². The first kappa shape index (κ1) is 20.9. The predicted molar refractivity (Wildman–Crippen MR) is 115 cm³/mol. The molecule has 1 atom stereocenters. The molecule has 0 saturated heterocycles. The molecule has 0 aromatic heterocycles. The summed E-state index contributed by atoms with van der Waals surface area (Å²) in [5.41, 5.74) is 1.18. The molecule has 7 heteroatoms. The zero-order valence-corrected chi connectivity index (χ0v) is 17.4. The minimum atomic E-state index is -3.98. The number of sulfonamides is 1. The summed E-state index contributed by atoms with van der Waals surface area (Å²) in [5, 5.41) is 3.10. The lowest BCUT2D eigenvalue weighted by Gasteiger charge is -2.26. The third-order valence-corrected chi connectivity index (χ3v) is 6.51. The smallest absolute Gasteiger partial charge is 0.264 e. The molecule has 29 heavy (non-hydrogen) atoms. The van der Waals surface area contributed by atoms with Crippen LogP contribution in [0, 0.1) is 0 Å². The third-order valence-electron chi connectivity index (χ3n) is 4.42. The summed E-state index contributed by atoms with van der Waals surface area (Å²) < 4.78 is 27.6. The van der Waals surface area contributed by atoms with Crippen LogP contribution in [0.2, 0.25) is 5.02 Å². The number of nitrogens with zero attached hydrogens (tertiary/aromatic N) is 1. The van der Waals surface area contributed by atoms with Crippen LogP contribution in [0.3, 0.4) is 0 Å². The van der Waals surface area contributed by atoms with E-state index in [9.17, 15) is 13.2 Å². The molecule has 1 N–H and O–H groups in total. The largest absolute Gasteiger partial charge is 0.348 e. The van der Waals surface area contributed by atoms with Crippen molar-refractivity contribution >= 4 is 33.2 Å². The van der Waals surface area contributed by atoms with E-state index >= 15 is 0 Å². The van der Waals surface area contributed by atoms with E-state index in [1.54, 1.807) is 42.5 Å². The van der Waals surface area contributed by atoms with Crippen LogP contribution in [-0.2, 0) is 14.8 Å². The summed E-state index contributed by atoms with van der Waals surface area (Å²) in [6.07, 6.45) is 0. The minimum absolute atomic E-state index is 0.0869. The van der Waals surface area contributed by atoms with Crippen molar-refractivity contribution in [2.75, 3.05) is 10.8 Å². The maximum absolute atomic E-state index is 13.3. The summed E-state index contributed by atoms with van der Waals surface area (Å²) in [7, 11) is -3.98. The molecule has 5 nitrogen and oxygen atoms in total. The number of rotatable bonds is 7. The summed E-state index contributed by atoms with van der Waals surface area (Å²) >= 11 is 6.26. The monoisotopic (exact) mass is 428 g/mol. The number of carbonyl (C=O) groups is 1. The van der Waals surface area contributed by atoms with Gasteiger partial charge in [0.15, 0.2) is 0 Å². The van der Waals surface area contributed by atoms with E-state index in [4.69, 9.17) is 11.6 Å². The number of amides is 1. The van der Waals surface area contributed by atoms with Crippen LogP contribution in [-0.4, -0.2) is 20.9 Å². The van der Waals surface area contributed by atoms with E-state index in [-0.39, 0.29) is 21.6 Å². The molecule has 0 bridgehead atoms. The molecule has 1 unspecified atom stereocenters. The van der Waals surface area contributed by atoms with Gasteiger partial charge in [-0.3, -0.25) is 9.10 Å². The average Bonchev–Trinajstić information content (AvgIpc) is 2.74. The molecule has 3 aromatic carbocycles. The van der Waals surface area contributed by atoms with Crippen LogP contribution in [0.4, 0.5) is 5.69 Å². The topological polar surface area (TPSA) is 66.5 Å². The molecule has 0 saturated carbocycles. The third kappa shape index (κ3) is 4.96. The number of anilines is 1. The standard InChI is InChI=1S/C22H21ClN2O3S/c1-17(18-10-4-2-5-11-18)24-22(26)16-25(21-15-9-8-14-20(21)23)29(27,28)19-12-6-3-7-13-19/h2-15,17H,16H2,1H3,(H,24,26). The molecule has 0 aliphatic rings. The second kappa shape index (κ2) is 9.11. The van der Waals surface area contributed by atoms with E-state index in [0.717, 1.165) is 9.87 Å². The molecular formula is C22H21ClN2O3S. The molecule has 0 spiro atoms. The fourth-order valence-corrected chi connectivity index (χ4v) is 4.66. The van der Waals surface area contributed by atoms with Gasteiger partial charge in [0, 0.05) is 0 Å². The van der Waals surface area contributed by atoms with E-state index in [1.807, 2.05) is 37.3 Å². The zero-order valence-electron chi connectivity index (χ0n) is 15.8. The zero-order chi connectivity index (χ0) is 20.9. The molecular weight excluding hydrogens is 408 g/mol. The van der Waals surface area contributed by atoms with E-state index < -0.39 is 22.5 Å². The Kier molecular flexibility index (Phi) is 6.56. The molecule has 0 radical (unpaired) electrons. The van der Waals surface area contributed by atoms with E-state index in [1.165, 1.54) is 12.1 Å². The van der Waals surface area contributed by atoms with Gasteiger partial charge >= 0.3 is 0 Å². The minimum Gasteiger partial charge on any atom is -0.348 e. The number of nitrogens with one attached hydrogen (secondary N) is 1. The fourth-order valence-electron chi connectivity index (χ4n) is 2.92. The molecule has 1 amide bonds. The Morgan fingerprint density at radius 1 is 0.931 bits per heavy atom. The van der Waals surface area contributed by atoms with Crippen LogP contribution in [0.15, 0.2) is 89.8 Å². The predicted octanol–water partition coefficient (Wildman–Crippen LogP) is 4.41. The Morgan fingerprint density at radius 3 is 2.10 bits per heavy atom. The quantitative estimate of drug-likeness (QED) is 0.606.